The number of hydrogen-bond acceptors (Lipinski definition) is 2. The molecule has 0 saturated heterocycles. The number of carbonyl (C=O) groups is 1. The monoisotopic (exact) mass is 231 g/mol. The lowest BCUT2D eigenvalue weighted by atomic mass is 10.0. The van der Waals surface area contributed by atoms with Crippen molar-refractivity contribution in [3.05, 3.63) is 35.5 Å². The number of fused-ring (bicyclic) bond motifs is 1. The van der Waals surface area contributed by atoms with E-state index in [1.54, 1.807) is 0 Å². The van der Waals surface area contributed by atoms with Crippen molar-refractivity contribution in [2.75, 3.05) is 7.11 Å². The third-order valence-corrected chi connectivity index (χ3v) is 3.38. The number of carbonyl (C=O) groups excluding carboxylic acids is 1. The fourth-order valence-electron chi connectivity index (χ4n) is 2.51. The van der Waals surface area contributed by atoms with E-state index in [4.69, 9.17) is 4.74 Å². The maximum atomic E-state index is 11.7. The van der Waals surface area contributed by atoms with Gasteiger partial charge in [-0.1, -0.05) is 18.2 Å². The molecule has 0 aliphatic rings. The Morgan fingerprint density at radius 3 is 2.59 bits per heavy atom. The lowest BCUT2D eigenvalue weighted by Crippen LogP contribution is -2.14. The predicted octanol–water partition coefficient (Wildman–Crippen LogP) is 2.76. The number of methoxy groups -OCH3 is 1. The van der Waals surface area contributed by atoms with Gasteiger partial charge in [-0.15, -0.1) is 0 Å². The van der Waals surface area contributed by atoms with Gasteiger partial charge >= 0.3 is 5.97 Å². The maximum Gasteiger partial charge on any atom is 0.314 e. The molecule has 0 radical (unpaired) electrons. The molecule has 2 aromatic rings. The van der Waals surface area contributed by atoms with Gasteiger partial charge < -0.3 is 9.30 Å². The average Bonchev–Trinajstić information content (AvgIpc) is 2.61. The summed E-state index contributed by atoms with van der Waals surface area (Å²) in [7, 11) is 3.42. The van der Waals surface area contributed by atoms with Gasteiger partial charge in [0.2, 0.25) is 0 Å². The summed E-state index contributed by atoms with van der Waals surface area (Å²) in [5.74, 6) is -0.434. The van der Waals surface area contributed by atoms with Crippen molar-refractivity contribution in [1.29, 1.82) is 0 Å². The fourth-order valence-corrected chi connectivity index (χ4v) is 2.51. The Morgan fingerprint density at radius 1 is 1.35 bits per heavy atom. The van der Waals surface area contributed by atoms with Crippen molar-refractivity contribution in [2.24, 2.45) is 7.05 Å². The average molecular weight is 231 g/mol. The molecule has 0 spiro atoms. The fraction of sp³-hybridized carbons (Fsp3) is 0.357. The first-order valence-corrected chi connectivity index (χ1v) is 5.69. The lowest BCUT2D eigenvalue weighted by molar-refractivity contribution is -0.142. The summed E-state index contributed by atoms with van der Waals surface area (Å²) in [5, 5.41) is 1.20. The first-order chi connectivity index (χ1) is 8.07. The second kappa shape index (κ2) is 4.24. The number of rotatable bonds is 2. The molecular weight excluding hydrogens is 214 g/mol. The SMILES string of the molecule is COC(=O)[C@H](C)c1c(C)c2ccccc2n1C. The van der Waals surface area contributed by atoms with E-state index in [2.05, 4.69) is 23.6 Å². The normalized spacial score (nSPS) is 12.7. The number of benzene rings is 1. The number of ether oxygens (including phenoxy) is 1. The summed E-state index contributed by atoms with van der Waals surface area (Å²) in [5.41, 5.74) is 3.33. The first-order valence-electron chi connectivity index (χ1n) is 5.69. The zero-order valence-corrected chi connectivity index (χ0v) is 10.7. The highest BCUT2D eigenvalue weighted by Crippen LogP contribution is 2.30. The number of esters is 1. The highest BCUT2D eigenvalue weighted by molar-refractivity contribution is 5.88. The molecule has 0 fully saturated rings. The van der Waals surface area contributed by atoms with E-state index in [1.807, 2.05) is 26.1 Å². The van der Waals surface area contributed by atoms with E-state index in [-0.39, 0.29) is 11.9 Å². The molecule has 0 unspecified atom stereocenters. The Balaban J connectivity index is 2.66. The van der Waals surface area contributed by atoms with Crippen molar-refractivity contribution in [2.45, 2.75) is 19.8 Å². The zero-order valence-electron chi connectivity index (χ0n) is 10.7. The van der Waals surface area contributed by atoms with Gasteiger partial charge in [-0.25, -0.2) is 0 Å². The van der Waals surface area contributed by atoms with Crippen LogP contribution in [0.2, 0.25) is 0 Å². The quantitative estimate of drug-likeness (QED) is 0.744. The standard InChI is InChI=1S/C14H17NO2/c1-9-11-7-5-6-8-12(11)15(3)13(9)10(2)14(16)17-4/h5-8,10H,1-4H3/t10-/m1/s1. The molecule has 3 nitrogen and oxygen atoms in total. The molecule has 0 N–H and O–H groups in total. The number of aromatic nitrogens is 1. The number of hydrogen-bond donors (Lipinski definition) is 0. The van der Waals surface area contributed by atoms with Crippen molar-refractivity contribution in [1.82, 2.24) is 4.57 Å². The van der Waals surface area contributed by atoms with Gasteiger partial charge in [-0.05, 0) is 25.5 Å². The topological polar surface area (TPSA) is 31.2 Å². The van der Waals surface area contributed by atoms with Crippen LogP contribution in [0.4, 0.5) is 0 Å². The van der Waals surface area contributed by atoms with E-state index < -0.39 is 0 Å². The molecule has 1 aromatic heterocycles. The summed E-state index contributed by atoms with van der Waals surface area (Å²) in [6.07, 6.45) is 0. The summed E-state index contributed by atoms with van der Waals surface area (Å²) in [6, 6.07) is 8.17. The van der Waals surface area contributed by atoms with E-state index in [0.29, 0.717) is 0 Å². The molecule has 3 heteroatoms. The third-order valence-electron chi connectivity index (χ3n) is 3.38. The summed E-state index contributed by atoms with van der Waals surface area (Å²) in [6.45, 7) is 3.93. The zero-order chi connectivity index (χ0) is 12.6. The van der Waals surface area contributed by atoms with Crippen molar-refractivity contribution in [3.63, 3.8) is 0 Å². The van der Waals surface area contributed by atoms with Crippen LogP contribution in [0.15, 0.2) is 24.3 Å². The Kier molecular flexibility index (Phi) is 2.92. The first kappa shape index (κ1) is 11.7. The maximum absolute atomic E-state index is 11.7. The highest BCUT2D eigenvalue weighted by Gasteiger charge is 2.23. The molecule has 0 aliphatic carbocycles. The van der Waals surface area contributed by atoms with Crippen LogP contribution in [0.5, 0.6) is 0 Å². The van der Waals surface area contributed by atoms with E-state index >= 15 is 0 Å². The molecule has 17 heavy (non-hydrogen) atoms. The number of aryl methyl sites for hydroxylation is 2. The van der Waals surface area contributed by atoms with Crippen molar-refractivity contribution < 1.29 is 9.53 Å². The molecule has 1 aromatic carbocycles. The van der Waals surface area contributed by atoms with Gasteiger partial charge in [0.1, 0.15) is 0 Å². The van der Waals surface area contributed by atoms with Crippen molar-refractivity contribution >= 4 is 16.9 Å². The number of para-hydroxylation sites is 1. The Morgan fingerprint density at radius 2 is 2.00 bits per heavy atom. The van der Waals surface area contributed by atoms with Crippen LogP contribution >= 0.6 is 0 Å². The molecule has 1 atom stereocenters. The second-order valence-corrected chi connectivity index (χ2v) is 4.33. The second-order valence-electron chi connectivity index (χ2n) is 4.33. The van der Waals surface area contributed by atoms with Gasteiger partial charge in [0.05, 0.1) is 13.0 Å². The predicted molar refractivity (Wildman–Crippen MR) is 68.1 cm³/mol. The van der Waals surface area contributed by atoms with Crippen LogP contribution in [0.3, 0.4) is 0 Å². The lowest BCUT2D eigenvalue weighted by Gasteiger charge is -2.12. The van der Waals surface area contributed by atoms with Crippen LogP contribution in [-0.4, -0.2) is 17.6 Å². The summed E-state index contributed by atoms with van der Waals surface area (Å²) in [4.78, 5) is 11.7. The molecule has 0 amide bonds. The van der Waals surface area contributed by atoms with Crippen LogP contribution < -0.4 is 0 Å². The van der Waals surface area contributed by atoms with Gasteiger partial charge in [0, 0.05) is 23.6 Å². The number of nitrogens with zero attached hydrogens (tertiary/aromatic N) is 1. The minimum Gasteiger partial charge on any atom is -0.469 e. The minimum absolute atomic E-state index is 0.195. The Hall–Kier alpha value is -1.77. The van der Waals surface area contributed by atoms with Crippen LogP contribution in [0.1, 0.15) is 24.1 Å². The molecule has 0 bridgehead atoms. The molecule has 0 aliphatic heterocycles. The third kappa shape index (κ3) is 1.71. The van der Waals surface area contributed by atoms with Crippen LogP contribution in [-0.2, 0) is 16.6 Å². The van der Waals surface area contributed by atoms with Gasteiger partial charge in [-0.2, -0.15) is 0 Å². The summed E-state index contributed by atoms with van der Waals surface area (Å²) >= 11 is 0. The van der Waals surface area contributed by atoms with Gasteiger partial charge in [0.15, 0.2) is 0 Å². The van der Waals surface area contributed by atoms with E-state index in [9.17, 15) is 4.79 Å². The molecule has 0 saturated carbocycles. The van der Waals surface area contributed by atoms with E-state index in [1.165, 1.54) is 12.5 Å². The van der Waals surface area contributed by atoms with Crippen LogP contribution in [0.25, 0.3) is 10.9 Å². The smallest absolute Gasteiger partial charge is 0.314 e. The molecule has 90 valence electrons. The minimum atomic E-state index is -0.239. The van der Waals surface area contributed by atoms with Gasteiger partial charge in [0.25, 0.3) is 0 Å². The molecule has 1 heterocycles. The highest BCUT2D eigenvalue weighted by atomic mass is 16.5. The Labute approximate surface area is 101 Å². The van der Waals surface area contributed by atoms with Gasteiger partial charge in [-0.3, -0.25) is 4.79 Å². The largest absolute Gasteiger partial charge is 0.469 e. The van der Waals surface area contributed by atoms with E-state index in [0.717, 1.165) is 16.8 Å². The van der Waals surface area contributed by atoms with Crippen molar-refractivity contribution in [3.8, 4) is 0 Å². The molecule has 2 rings (SSSR count). The van der Waals surface area contributed by atoms with Crippen LogP contribution in [0, 0.1) is 6.92 Å². The molecular formula is C14H17NO2. The Bertz CT molecular complexity index is 530. The summed E-state index contributed by atoms with van der Waals surface area (Å²) < 4.78 is 6.90.